The van der Waals surface area contributed by atoms with Crippen LogP contribution in [0.2, 0.25) is 0 Å². The predicted molar refractivity (Wildman–Crippen MR) is 64.5 cm³/mol. The van der Waals surface area contributed by atoms with Crippen LogP contribution in [0, 0.1) is 0 Å². The van der Waals surface area contributed by atoms with E-state index in [4.69, 9.17) is 4.74 Å². The van der Waals surface area contributed by atoms with Crippen LogP contribution in [0.15, 0.2) is 0 Å². The Balaban J connectivity index is 2.21. The smallest absolute Gasteiger partial charge is 0.407 e. The van der Waals surface area contributed by atoms with Gasteiger partial charge in [-0.05, 0) is 40.5 Å². The van der Waals surface area contributed by atoms with Gasteiger partial charge in [0.05, 0.1) is 0 Å². The maximum Gasteiger partial charge on any atom is 0.407 e. The molecule has 16 heavy (non-hydrogen) atoms. The molecule has 94 valence electrons. The summed E-state index contributed by atoms with van der Waals surface area (Å²) < 4.78 is 5.18. The number of alkyl carbamates (subject to hydrolysis) is 1. The van der Waals surface area contributed by atoms with Crippen molar-refractivity contribution in [1.29, 1.82) is 0 Å². The zero-order valence-electron chi connectivity index (χ0n) is 10.8. The summed E-state index contributed by atoms with van der Waals surface area (Å²) in [6.45, 7) is 8.44. The largest absolute Gasteiger partial charge is 0.444 e. The van der Waals surface area contributed by atoms with Gasteiger partial charge in [-0.25, -0.2) is 4.79 Å². The lowest BCUT2D eigenvalue weighted by Gasteiger charge is -2.29. The van der Waals surface area contributed by atoms with E-state index < -0.39 is 5.60 Å². The van der Waals surface area contributed by atoms with Crippen LogP contribution in [0.3, 0.4) is 0 Å². The molecular weight excluding hydrogens is 204 g/mol. The van der Waals surface area contributed by atoms with E-state index in [0.29, 0.717) is 18.6 Å². The van der Waals surface area contributed by atoms with Gasteiger partial charge in [0.15, 0.2) is 0 Å². The minimum Gasteiger partial charge on any atom is -0.444 e. The Morgan fingerprint density at radius 3 is 2.69 bits per heavy atom. The third-order valence-electron chi connectivity index (χ3n) is 2.60. The second-order valence-corrected chi connectivity index (χ2v) is 5.58. The average Bonchev–Trinajstić information content (AvgIpc) is 2.12. The first-order valence-corrected chi connectivity index (χ1v) is 6.10. The summed E-state index contributed by atoms with van der Waals surface area (Å²) in [5.41, 5.74) is -0.419. The normalized spacial score (nSPS) is 26.2. The number of hydrogen-bond donors (Lipinski definition) is 2. The van der Waals surface area contributed by atoms with Crippen LogP contribution in [0.1, 0.15) is 47.0 Å². The number of hydrogen-bond acceptors (Lipinski definition) is 3. The van der Waals surface area contributed by atoms with Crippen LogP contribution in [-0.4, -0.2) is 30.3 Å². The number of rotatable bonds is 2. The first kappa shape index (κ1) is 13.3. The van der Waals surface area contributed by atoms with E-state index in [1.165, 1.54) is 12.8 Å². The molecule has 2 N–H and O–H groups in total. The number of carbonyl (C=O) groups excluding carboxylic acids is 1. The third-order valence-corrected chi connectivity index (χ3v) is 2.60. The number of amides is 1. The number of piperidine rings is 1. The molecule has 0 aromatic rings. The van der Waals surface area contributed by atoms with E-state index in [0.717, 1.165) is 6.42 Å². The van der Waals surface area contributed by atoms with Crippen LogP contribution in [-0.2, 0) is 4.74 Å². The van der Waals surface area contributed by atoms with Gasteiger partial charge < -0.3 is 15.4 Å². The van der Waals surface area contributed by atoms with Crippen molar-refractivity contribution in [1.82, 2.24) is 10.6 Å². The highest BCUT2D eigenvalue weighted by atomic mass is 16.6. The van der Waals surface area contributed by atoms with Gasteiger partial charge in [0.1, 0.15) is 5.60 Å². The Bertz CT molecular complexity index is 236. The van der Waals surface area contributed by atoms with Crippen LogP contribution in [0.25, 0.3) is 0 Å². The van der Waals surface area contributed by atoms with Crippen molar-refractivity contribution in [3.05, 3.63) is 0 Å². The summed E-state index contributed by atoms with van der Waals surface area (Å²) >= 11 is 0. The Morgan fingerprint density at radius 2 is 2.12 bits per heavy atom. The summed E-state index contributed by atoms with van der Waals surface area (Å²) in [6, 6.07) is 0.940. The number of ether oxygens (including phenoxy) is 1. The maximum absolute atomic E-state index is 11.4. The molecule has 1 aliphatic heterocycles. The molecule has 1 fully saturated rings. The van der Waals surface area contributed by atoms with Gasteiger partial charge in [0.2, 0.25) is 0 Å². The second-order valence-electron chi connectivity index (χ2n) is 5.58. The maximum atomic E-state index is 11.4. The van der Waals surface area contributed by atoms with Crippen molar-refractivity contribution in [2.45, 2.75) is 64.6 Å². The molecule has 0 bridgehead atoms. The molecule has 0 aliphatic carbocycles. The van der Waals surface area contributed by atoms with Crippen molar-refractivity contribution in [2.24, 2.45) is 0 Å². The molecule has 2 atom stereocenters. The molecule has 4 nitrogen and oxygen atoms in total. The highest BCUT2D eigenvalue weighted by molar-refractivity contribution is 5.67. The monoisotopic (exact) mass is 228 g/mol. The van der Waals surface area contributed by atoms with E-state index in [2.05, 4.69) is 17.6 Å². The predicted octanol–water partition coefficient (Wildman–Crippen LogP) is 2.04. The van der Waals surface area contributed by atoms with Gasteiger partial charge in [0.25, 0.3) is 0 Å². The quantitative estimate of drug-likeness (QED) is 0.760. The third kappa shape index (κ3) is 5.35. The molecule has 0 aromatic carbocycles. The van der Waals surface area contributed by atoms with Crippen LogP contribution >= 0.6 is 0 Å². The molecule has 0 spiro atoms. The van der Waals surface area contributed by atoms with Gasteiger partial charge in [-0.1, -0.05) is 6.42 Å². The van der Waals surface area contributed by atoms with Crippen molar-refractivity contribution < 1.29 is 9.53 Å². The minimum atomic E-state index is -0.419. The minimum absolute atomic E-state index is 0.326. The van der Waals surface area contributed by atoms with Crippen LogP contribution in [0.5, 0.6) is 0 Å². The standard InChI is InChI=1S/C12H24N2O2/c1-9-6-5-7-10(14-9)8-13-11(15)16-12(2,3)4/h9-10,14H,5-8H2,1-4H3,(H,13,15)/t9-,10-/m1/s1. The van der Waals surface area contributed by atoms with Crippen molar-refractivity contribution in [3.63, 3.8) is 0 Å². The summed E-state index contributed by atoms with van der Waals surface area (Å²) in [4.78, 5) is 11.4. The molecule has 0 unspecified atom stereocenters. The van der Waals surface area contributed by atoms with E-state index in [1.807, 2.05) is 20.8 Å². The number of carbonyl (C=O) groups is 1. The van der Waals surface area contributed by atoms with E-state index in [1.54, 1.807) is 0 Å². The van der Waals surface area contributed by atoms with E-state index >= 15 is 0 Å². The summed E-state index contributed by atoms with van der Waals surface area (Å²) in [5.74, 6) is 0. The summed E-state index contributed by atoms with van der Waals surface area (Å²) in [6.07, 6.45) is 3.25. The fourth-order valence-electron chi connectivity index (χ4n) is 1.92. The lowest BCUT2D eigenvalue weighted by Crippen LogP contribution is -2.48. The number of nitrogens with one attached hydrogen (secondary N) is 2. The molecule has 1 amide bonds. The topological polar surface area (TPSA) is 50.4 Å². The Labute approximate surface area is 98.1 Å². The Hall–Kier alpha value is -0.770. The molecule has 0 aromatic heterocycles. The van der Waals surface area contributed by atoms with Gasteiger partial charge in [0, 0.05) is 18.6 Å². The molecule has 1 aliphatic rings. The first-order chi connectivity index (χ1) is 7.37. The second kappa shape index (κ2) is 5.53. The zero-order valence-corrected chi connectivity index (χ0v) is 10.8. The molecular formula is C12H24N2O2. The van der Waals surface area contributed by atoms with Crippen molar-refractivity contribution in [2.75, 3.05) is 6.54 Å². The van der Waals surface area contributed by atoms with Gasteiger partial charge in [-0.3, -0.25) is 0 Å². The molecule has 0 saturated carbocycles. The highest BCUT2D eigenvalue weighted by Crippen LogP contribution is 2.12. The molecule has 0 radical (unpaired) electrons. The van der Waals surface area contributed by atoms with Crippen LogP contribution < -0.4 is 10.6 Å². The van der Waals surface area contributed by atoms with E-state index in [9.17, 15) is 4.79 Å². The van der Waals surface area contributed by atoms with Crippen molar-refractivity contribution >= 4 is 6.09 Å². The van der Waals surface area contributed by atoms with Crippen molar-refractivity contribution in [3.8, 4) is 0 Å². The molecule has 4 heteroatoms. The first-order valence-electron chi connectivity index (χ1n) is 6.10. The zero-order chi connectivity index (χ0) is 12.2. The van der Waals surface area contributed by atoms with Gasteiger partial charge >= 0.3 is 6.09 Å². The summed E-state index contributed by atoms with van der Waals surface area (Å²) in [7, 11) is 0. The molecule has 1 rings (SSSR count). The highest BCUT2D eigenvalue weighted by Gasteiger charge is 2.20. The average molecular weight is 228 g/mol. The fraction of sp³-hybridized carbons (Fsp3) is 0.917. The lowest BCUT2D eigenvalue weighted by atomic mass is 10.00. The van der Waals surface area contributed by atoms with Crippen LogP contribution in [0.4, 0.5) is 4.79 Å². The SMILES string of the molecule is C[C@@H]1CCC[C@H](CNC(=O)OC(C)(C)C)N1. The fourth-order valence-corrected chi connectivity index (χ4v) is 1.92. The molecule has 1 saturated heterocycles. The van der Waals surface area contributed by atoms with Gasteiger partial charge in [-0.2, -0.15) is 0 Å². The molecule has 1 heterocycles. The van der Waals surface area contributed by atoms with Gasteiger partial charge in [-0.15, -0.1) is 0 Å². The Morgan fingerprint density at radius 1 is 1.44 bits per heavy atom. The summed E-state index contributed by atoms with van der Waals surface area (Å²) in [5, 5.41) is 6.27. The van der Waals surface area contributed by atoms with E-state index in [-0.39, 0.29) is 6.09 Å². The lowest BCUT2D eigenvalue weighted by molar-refractivity contribution is 0.0519. The Kier molecular flexibility index (Phi) is 4.59.